The van der Waals surface area contributed by atoms with Crippen LogP contribution in [0.4, 0.5) is 5.69 Å². The predicted octanol–water partition coefficient (Wildman–Crippen LogP) is 3.37. The number of carbonyl (C=O) groups is 2. The van der Waals surface area contributed by atoms with Crippen molar-refractivity contribution in [2.75, 3.05) is 11.4 Å². The summed E-state index contributed by atoms with van der Waals surface area (Å²) in [5.41, 5.74) is 5.06. The number of fused-ring (bicyclic) bond motifs is 1. The highest BCUT2D eigenvalue weighted by Crippen LogP contribution is 2.31. The summed E-state index contributed by atoms with van der Waals surface area (Å²) in [7, 11) is 0. The van der Waals surface area contributed by atoms with E-state index in [0.29, 0.717) is 25.8 Å². The van der Waals surface area contributed by atoms with Crippen LogP contribution in [0.5, 0.6) is 0 Å². The fourth-order valence-corrected chi connectivity index (χ4v) is 4.33. The van der Waals surface area contributed by atoms with Gasteiger partial charge in [-0.15, -0.1) is 0 Å². The van der Waals surface area contributed by atoms with Crippen LogP contribution in [0, 0.1) is 11.8 Å². The number of nitrogens with one attached hydrogen (secondary N) is 1. The lowest BCUT2D eigenvalue weighted by molar-refractivity contribution is -0.141. The van der Waals surface area contributed by atoms with E-state index in [2.05, 4.69) is 58.7 Å². The average Bonchev–Trinajstić information content (AvgIpc) is 3.35. The van der Waals surface area contributed by atoms with Crippen LogP contribution < -0.4 is 10.2 Å². The van der Waals surface area contributed by atoms with E-state index in [4.69, 9.17) is 5.11 Å². The molecule has 2 atom stereocenters. The standard InChI is InChI=1S/C23H26N2O3/c26-22(19-9-10-20(13-19)23(27)28)24-14-16-5-7-17(8-6-16)15-25-12-11-18-3-1-2-4-21(18)25/h1-8,19-20H,9-15H2,(H,24,26)(H,27,28)/t19-,20+/m0/s1. The predicted molar refractivity (Wildman–Crippen MR) is 108 cm³/mol. The van der Waals surface area contributed by atoms with Gasteiger partial charge in [0.05, 0.1) is 5.92 Å². The Morgan fingerprint density at radius 2 is 1.71 bits per heavy atom. The highest BCUT2D eigenvalue weighted by atomic mass is 16.4. The SMILES string of the molecule is O=C(O)[C@@H]1CC[C@H](C(=O)NCc2ccc(CN3CCc4ccccc43)cc2)C1. The van der Waals surface area contributed by atoms with Crippen molar-refractivity contribution >= 4 is 17.6 Å². The quantitative estimate of drug-likeness (QED) is 0.809. The maximum atomic E-state index is 12.3. The Labute approximate surface area is 165 Å². The summed E-state index contributed by atoms with van der Waals surface area (Å²) in [5.74, 6) is -1.35. The molecule has 5 heteroatoms. The van der Waals surface area contributed by atoms with Gasteiger partial charge >= 0.3 is 5.97 Å². The molecule has 2 aliphatic rings. The second-order valence-corrected chi connectivity index (χ2v) is 7.88. The van der Waals surface area contributed by atoms with Gasteiger partial charge in [0.25, 0.3) is 0 Å². The largest absolute Gasteiger partial charge is 0.481 e. The van der Waals surface area contributed by atoms with E-state index in [-0.39, 0.29) is 17.7 Å². The van der Waals surface area contributed by atoms with Gasteiger partial charge in [-0.1, -0.05) is 42.5 Å². The van der Waals surface area contributed by atoms with Crippen molar-refractivity contribution in [1.29, 1.82) is 0 Å². The van der Waals surface area contributed by atoms with Crippen molar-refractivity contribution in [3.8, 4) is 0 Å². The fraction of sp³-hybridized carbons (Fsp3) is 0.391. The van der Waals surface area contributed by atoms with Gasteiger partial charge in [0.2, 0.25) is 5.91 Å². The lowest BCUT2D eigenvalue weighted by atomic mass is 10.0. The van der Waals surface area contributed by atoms with Crippen LogP contribution in [0.25, 0.3) is 0 Å². The average molecular weight is 378 g/mol. The maximum Gasteiger partial charge on any atom is 0.306 e. The van der Waals surface area contributed by atoms with E-state index in [9.17, 15) is 9.59 Å². The van der Waals surface area contributed by atoms with Gasteiger partial charge < -0.3 is 15.3 Å². The van der Waals surface area contributed by atoms with Crippen molar-refractivity contribution in [3.63, 3.8) is 0 Å². The molecule has 0 aromatic heterocycles. The fourth-order valence-electron chi connectivity index (χ4n) is 4.33. The number of para-hydroxylation sites is 1. The number of hydrogen-bond acceptors (Lipinski definition) is 3. The monoisotopic (exact) mass is 378 g/mol. The Balaban J connectivity index is 1.28. The molecule has 5 nitrogen and oxygen atoms in total. The van der Waals surface area contributed by atoms with Gasteiger partial charge in [-0.3, -0.25) is 9.59 Å². The summed E-state index contributed by atoms with van der Waals surface area (Å²) < 4.78 is 0. The van der Waals surface area contributed by atoms with Crippen LogP contribution in [-0.2, 0) is 29.1 Å². The molecule has 0 unspecified atom stereocenters. The van der Waals surface area contributed by atoms with Crippen molar-refractivity contribution in [2.45, 2.75) is 38.8 Å². The number of amides is 1. The first-order valence-electron chi connectivity index (χ1n) is 10.0. The Hall–Kier alpha value is -2.82. The molecule has 2 aromatic rings. The normalized spacial score (nSPS) is 20.8. The van der Waals surface area contributed by atoms with E-state index in [0.717, 1.165) is 25.1 Å². The molecule has 1 aliphatic carbocycles. The Kier molecular flexibility index (Phi) is 5.33. The number of carboxylic acids is 1. The van der Waals surface area contributed by atoms with E-state index < -0.39 is 5.97 Å². The Bertz CT molecular complexity index is 862. The summed E-state index contributed by atoms with van der Waals surface area (Å²) in [6.45, 7) is 2.43. The number of carbonyl (C=O) groups excluding carboxylic acids is 1. The summed E-state index contributed by atoms with van der Waals surface area (Å²) in [6, 6.07) is 16.9. The van der Waals surface area contributed by atoms with Crippen molar-refractivity contribution < 1.29 is 14.7 Å². The second kappa shape index (κ2) is 8.05. The zero-order valence-electron chi connectivity index (χ0n) is 15.9. The minimum Gasteiger partial charge on any atom is -0.481 e. The van der Waals surface area contributed by atoms with E-state index >= 15 is 0 Å². The summed E-state index contributed by atoms with van der Waals surface area (Å²) in [6.07, 6.45) is 2.82. The Morgan fingerprint density at radius 1 is 1.00 bits per heavy atom. The third kappa shape index (κ3) is 4.03. The molecule has 0 saturated heterocycles. The molecule has 4 rings (SSSR count). The molecule has 0 bridgehead atoms. The first kappa shape index (κ1) is 18.5. The van der Waals surface area contributed by atoms with Crippen LogP contribution >= 0.6 is 0 Å². The van der Waals surface area contributed by atoms with Gasteiger partial charge in [0.1, 0.15) is 0 Å². The molecule has 0 radical (unpaired) electrons. The molecule has 2 aromatic carbocycles. The summed E-state index contributed by atoms with van der Waals surface area (Å²) >= 11 is 0. The number of anilines is 1. The minimum absolute atomic E-state index is 0.0264. The van der Waals surface area contributed by atoms with Crippen molar-refractivity contribution in [1.82, 2.24) is 5.32 Å². The first-order chi connectivity index (χ1) is 13.6. The molecule has 146 valence electrons. The third-order valence-electron chi connectivity index (χ3n) is 6.00. The molecule has 1 amide bonds. The summed E-state index contributed by atoms with van der Waals surface area (Å²) in [4.78, 5) is 25.7. The van der Waals surface area contributed by atoms with Gasteiger partial charge in [0, 0.05) is 31.2 Å². The zero-order chi connectivity index (χ0) is 19.5. The van der Waals surface area contributed by atoms with Gasteiger partial charge in [-0.25, -0.2) is 0 Å². The molecule has 1 fully saturated rings. The van der Waals surface area contributed by atoms with Crippen molar-refractivity contribution in [3.05, 3.63) is 65.2 Å². The molecule has 1 aliphatic heterocycles. The van der Waals surface area contributed by atoms with Gasteiger partial charge in [-0.2, -0.15) is 0 Å². The topological polar surface area (TPSA) is 69.6 Å². The summed E-state index contributed by atoms with van der Waals surface area (Å²) in [5, 5.41) is 12.0. The molecular formula is C23H26N2O3. The van der Waals surface area contributed by atoms with Crippen LogP contribution in [0.1, 0.15) is 36.0 Å². The molecule has 1 saturated carbocycles. The first-order valence-corrected chi connectivity index (χ1v) is 10.0. The molecule has 0 spiro atoms. The van der Waals surface area contributed by atoms with E-state index in [1.165, 1.54) is 16.8 Å². The highest BCUT2D eigenvalue weighted by Gasteiger charge is 2.33. The zero-order valence-corrected chi connectivity index (χ0v) is 15.9. The molecular weight excluding hydrogens is 352 g/mol. The number of aliphatic carboxylic acids is 1. The molecule has 1 heterocycles. The van der Waals surface area contributed by atoms with Crippen LogP contribution in [0.3, 0.4) is 0 Å². The van der Waals surface area contributed by atoms with Crippen molar-refractivity contribution in [2.24, 2.45) is 11.8 Å². The maximum absolute atomic E-state index is 12.3. The Morgan fingerprint density at radius 3 is 2.46 bits per heavy atom. The minimum atomic E-state index is -0.786. The number of rotatable bonds is 6. The number of nitrogens with zero attached hydrogens (tertiary/aromatic N) is 1. The second-order valence-electron chi connectivity index (χ2n) is 7.88. The lowest BCUT2D eigenvalue weighted by Crippen LogP contribution is -2.29. The van der Waals surface area contributed by atoms with Crippen LogP contribution in [0.2, 0.25) is 0 Å². The smallest absolute Gasteiger partial charge is 0.306 e. The van der Waals surface area contributed by atoms with E-state index in [1.807, 2.05) is 0 Å². The van der Waals surface area contributed by atoms with Crippen LogP contribution in [0.15, 0.2) is 48.5 Å². The third-order valence-corrected chi connectivity index (χ3v) is 6.00. The number of benzene rings is 2. The number of hydrogen-bond donors (Lipinski definition) is 2. The molecule has 28 heavy (non-hydrogen) atoms. The molecule has 2 N–H and O–H groups in total. The number of carboxylic acid groups (broad SMARTS) is 1. The van der Waals surface area contributed by atoms with E-state index in [1.54, 1.807) is 0 Å². The van der Waals surface area contributed by atoms with Crippen LogP contribution in [-0.4, -0.2) is 23.5 Å². The van der Waals surface area contributed by atoms with Gasteiger partial charge in [-0.05, 0) is 48.4 Å². The highest BCUT2D eigenvalue weighted by molar-refractivity contribution is 5.80. The lowest BCUT2D eigenvalue weighted by Gasteiger charge is -2.19. The van der Waals surface area contributed by atoms with Gasteiger partial charge in [0.15, 0.2) is 0 Å².